The van der Waals surface area contributed by atoms with Gasteiger partial charge in [0.15, 0.2) is 5.78 Å². The highest BCUT2D eigenvalue weighted by atomic mass is 35.5. The summed E-state index contributed by atoms with van der Waals surface area (Å²) < 4.78 is 42.0. The molecule has 5 aromatic carbocycles. The maximum atomic E-state index is 15.9. The number of benzene rings is 5. The van der Waals surface area contributed by atoms with Crippen molar-refractivity contribution < 1.29 is 27.6 Å². The average Bonchev–Trinajstić information content (AvgIpc) is 3.61. The van der Waals surface area contributed by atoms with Crippen LogP contribution in [0.3, 0.4) is 0 Å². The molecule has 0 radical (unpaired) electrons. The molecule has 0 aromatic heterocycles. The smallest absolute Gasteiger partial charge is 0.297 e. The number of halogens is 6. The SMILES string of the molecule is O=C1[C@H]2[C@H](C(=O)N1c1cc(C(F)(F)F)ccc1Cl)[C@@]1(c3ccc(Cl)cc3)C(=O)[C@@]2(c2ccc(Cl)cc2)C(c2ccccc2)=C1c1ccccc1. The van der Waals surface area contributed by atoms with E-state index >= 15 is 14.4 Å². The molecule has 3 aliphatic rings. The minimum Gasteiger partial charge on any atom is -0.297 e. The molecule has 0 N–H and O–H groups in total. The molecule has 2 aliphatic carbocycles. The van der Waals surface area contributed by atoms with Gasteiger partial charge in [0, 0.05) is 10.0 Å². The second-order valence-electron chi connectivity index (χ2n) is 12.6. The average molecular weight is 729 g/mol. The van der Waals surface area contributed by atoms with Crippen molar-refractivity contribution in [2.75, 3.05) is 4.90 Å². The minimum atomic E-state index is -4.78. The van der Waals surface area contributed by atoms with Gasteiger partial charge < -0.3 is 0 Å². The summed E-state index contributed by atoms with van der Waals surface area (Å²) in [5.41, 5.74) is -1.90. The molecule has 4 nitrogen and oxygen atoms in total. The lowest BCUT2D eigenvalue weighted by Crippen LogP contribution is -2.45. The number of imide groups is 1. The van der Waals surface area contributed by atoms with Crippen LogP contribution < -0.4 is 4.90 Å². The highest BCUT2D eigenvalue weighted by Gasteiger charge is 2.82. The van der Waals surface area contributed by atoms with Gasteiger partial charge in [-0.1, -0.05) is 120 Å². The fourth-order valence-electron chi connectivity index (χ4n) is 8.46. The molecule has 2 amide bonds. The van der Waals surface area contributed by atoms with Crippen LogP contribution in [-0.4, -0.2) is 17.6 Å². The molecule has 1 aliphatic heterocycles. The van der Waals surface area contributed by atoms with Crippen LogP contribution in [0.1, 0.15) is 27.8 Å². The second-order valence-corrected chi connectivity index (χ2v) is 13.9. The summed E-state index contributed by atoms with van der Waals surface area (Å²) in [7, 11) is 0. The largest absolute Gasteiger partial charge is 0.416 e. The second kappa shape index (κ2) is 11.4. The van der Waals surface area contributed by atoms with Crippen LogP contribution in [-0.2, 0) is 31.4 Å². The standard InChI is InChI=1S/C40H23Cl3F3NO3/c41-27-16-11-24(12-17-27)38-31(22-7-3-1-4-8-22)32(23-9-5-2-6-10-23)39(37(38)50,25-13-18-28(42)19-14-25)34-33(38)35(48)47(36(34)49)30-21-26(40(44,45)46)15-20-29(30)43/h1-21,33-34H/t33-,34-,38+,39+/m1/s1. The number of carbonyl (C=O) groups excluding carboxylic acids is 3. The Bertz CT molecular complexity index is 2130. The van der Waals surface area contributed by atoms with Gasteiger partial charge in [0.1, 0.15) is 0 Å². The number of hydrogen-bond donors (Lipinski definition) is 0. The Balaban J connectivity index is 1.53. The quantitative estimate of drug-likeness (QED) is 0.169. The number of fused-ring (bicyclic) bond motifs is 5. The zero-order chi connectivity index (χ0) is 35.2. The van der Waals surface area contributed by atoms with Gasteiger partial charge in [0.2, 0.25) is 11.8 Å². The molecule has 50 heavy (non-hydrogen) atoms. The molecule has 0 spiro atoms. The molecule has 1 saturated heterocycles. The molecule has 1 heterocycles. The van der Waals surface area contributed by atoms with Gasteiger partial charge in [-0.3, -0.25) is 14.4 Å². The lowest BCUT2D eigenvalue weighted by Gasteiger charge is -2.39. The van der Waals surface area contributed by atoms with Gasteiger partial charge in [-0.05, 0) is 75.9 Å². The predicted octanol–water partition coefficient (Wildman–Crippen LogP) is 9.85. The van der Waals surface area contributed by atoms with E-state index < -0.39 is 57.7 Å². The lowest BCUT2D eigenvalue weighted by molar-refractivity contribution is -0.137. The van der Waals surface area contributed by atoms with Crippen molar-refractivity contribution in [1.82, 2.24) is 0 Å². The van der Waals surface area contributed by atoms with E-state index in [0.717, 1.165) is 17.0 Å². The number of anilines is 1. The van der Waals surface area contributed by atoms with Gasteiger partial charge >= 0.3 is 6.18 Å². The molecule has 248 valence electrons. The molecule has 8 rings (SSSR count). The van der Waals surface area contributed by atoms with Crippen molar-refractivity contribution in [3.8, 4) is 0 Å². The van der Waals surface area contributed by atoms with Crippen molar-refractivity contribution >= 4 is 69.2 Å². The van der Waals surface area contributed by atoms with Crippen molar-refractivity contribution in [3.05, 3.63) is 170 Å². The number of allylic oxidation sites excluding steroid dienone is 2. The first-order valence-electron chi connectivity index (χ1n) is 15.6. The first-order valence-corrected chi connectivity index (χ1v) is 16.7. The molecular formula is C40H23Cl3F3NO3. The Morgan fingerprint density at radius 3 is 1.38 bits per heavy atom. The van der Waals surface area contributed by atoms with Crippen LogP contribution in [0.5, 0.6) is 0 Å². The first kappa shape index (κ1) is 32.5. The predicted molar refractivity (Wildman–Crippen MR) is 187 cm³/mol. The van der Waals surface area contributed by atoms with Gasteiger partial charge in [0.25, 0.3) is 0 Å². The number of Topliss-reactive ketones (excluding diaryl/α,β-unsaturated/α-hetero) is 1. The number of rotatable bonds is 5. The van der Waals surface area contributed by atoms with Crippen LogP contribution in [0, 0.1) is 11.8 Å². The number of nitrogens with zero attached hydrogens (tertiary/aromatic N) is 1. The third kappa shape index (κ3) is 4.30. The number of amides is 2. The number of carbonyl (C=O) groups is 3. The lowest BCUT2D eigenvalue weighted by atomic mass is 9.59. The topological polar surface area (TPSA) is 54.5 Å². The summed E-state index contributed by atoms with van der Waals surface area (Å²) in [4.78, 5) is 46.9. The molecule has 10 heteroatoms. The fourth-order valence-corrected chi connectivity index (χ4v) is 8.91. The zero-order valence-electron chi connectivity index (χ0n) is 25.7. The fraction of sp³-hybridized carbons (Fsp3) is 0.125. The molecule has 2 fully saturated rings. The summed E-state index contributed by atoms with van der Waals surface area (Å²) in [5, 5.41) is 0.543. The monoisotopic (exact) mass is 727 g/mol. The van der Waals surface area contributed by atoms with Gasteiger partial charge in [0.05, 0.1) is 38.9 Å². The van der Waals surface area contributed by atoms with Crippen LogP contribution in [0.2, 0.25) is 15.1 Å². The first-order chi connectivity index (χ1) is 23.9. The van der Waals surface area contributed by atoms with Crippen LogP contribution in [0.4, 0.5) is 18.9 Å². The molecule has 4 atom stereocenters. The summed E-state index contributed by atoms with van der Waals surface area (Å²) >= 11 is 19.2. The number of alkyl halides is 3. The van der Waals surface area contributed by atoms with E-state index in [9.17, 15) is 13.2 Å². The van der Waals surface area contributed by atoms with Crippen molar-refractivity contribution in [1.29, 1.82) is 0 Å². The van der Waals surface area contributed by atoms with E-state index in [1.807, 2.05) is 60.7 Å². The Morgan fingerprint density at radius 2 is 0.980 bits per heavy atom. The zero-order valence-corrected chi connectivity index (χ0v) is 28.0. The van der Waals surface area contributed by atoms with E-state index in [2.05, 4.69) is 0 Å². The molecule has 2 bridgehead atoms. The molecular weight excluding hydrogens is 706 g/mol. The normalized spacial score (nSPS) is 24.4. The van der Waals surface area contributed by atoms with Crippen LogP contribution >= 0.6 is 34.8 Å². The number of ketones is 1. The minimum absolute atomic E-state index is 0.223. The van der Waals surface area contributed by atoms with Crippen molar-refractivity contribution in [2.45, 2.75) is 17.0 Å². The van der Waals surface area contributed by atoms with Crippen molar-refractivity contribution in [2.24, 2.45) is 11.8 Å². The summed E-state index contributed by atoms with van der Waals surface area (Å²) in [6.45, 7) is 0. The van der Waals surface area contributed by atoms with Crippen LogP contribution in [0.25, 0.3) is 11.1 Å². The Labute approximate surface area is 299 Å². The van der Waals surface area contributed by atoms with Gasteiger partial charge in [-0.25, -0.2) is 4.90 Å². The maximum absolute atomic E-state index is 15.9. The van der Waals surface area contributed by atoms with E-state index in [4.69, 9.17) is 34.8 Å². The highest BCUT2D eigenvalue weighted by Crippen LogP contribution is 2.74. The van der Waals surface area contributed by atoms with Gasteiger partial charge in [-0.2, -0.15) is 13.2 Å². The van der Waals surface area contributed by atoms with Crippen molar-refractivity contribution in [3.63, 3.8) is 0 Å². The van der Waals surface area contributed by atoms with E-state index in [0.29, 0.717) is 49.5 Å². The Morgan fingerprint density at radius 1 is 0.560 bits per heavy atom. The Kier molecular flexibility index (Phi) is 7.43. The summed E-state index contributed by atoms with van der Waals surface area (Å²) in [5.74, 6) is -4.80. The summed E-state index contributed by atoms with van der Waals surface area (Å²) in [6, 6.07) is 34.0. The number of hydrogen-bond acceptors (Lipinski definition) is 3. The van der Waals surface area contributed by atoms with Crippen LogP contribution in [0.15, 0.2) is 127 Å². The van der Waals surface area contributed by atoms with E-state index in [1.54, 1.807) is 48.5 Å². The van der Waals surface area contributed by atoms with E-state index in [1.165, 1.54) is 0 Å². The van der Waals surface area contributed by atoms with Gasteiger partial charge in [-0.15, -0.1) is 0 Å². The summed E-state index contributed by atoms with van der Waals surface area (Å²) in [6.07, 6.45) is -4.78. The molecule has 1 saturated carbocycles. The van der Waals surface area contributed by atoms with E-state index in [-0.39, 0.29) is 5.02 Å². The Hall–Kier alpha value is -4.69. The molecule has 5 aromatic rings. The third-order valence-electron chi connectivity index (χ3n) is 10.2. The maximum Gasteiger partial charge on any atom is 0.416 e. The molecule has 0 unspecified atom stereocenters. The highest BCUT2D eigenvalue weighted by molar-refractivity contribution is 6.41. The third-order valence-corrected chi connectivity index (χ3v) is 11.1.